The van der Waals surface area contributed by atoms with E-state index in [4.69, 9.17) is 15.0 Å². The minimum absolute atomic E-state index is 0.301. The number of sulfone groups is 1. The molecular formula is C54H34N4O2S. The molecule has 0 atom stereocenters. The standard InChI is InChI=1S/C54H34N4O2S/c59-61(60)49-17-7-6-15-48(49)51-47(16-8-18-50(51)61)45-31-44(43-14-9-29-55-34-43)32-46(33-45)54-57-52(39-24-19-37(20-25-39)35-10-2-1-3-11-35)56-53(58-54)40-26-21-38(22-27-40)42-28-23-36-12-4-5-13-41(36)30-42/h1-34H. The largest absolute Gasteiger partial charge is 0.264 e. The highest BCUT2D eigenvalue weighted by Gasteiger charge is 2.34. The zero-order chi connectivity index (χ0) is 40.9. The Morgan fingerprint density at radius 1 is 0.328 bits per heavy atom. The van der Waals surface area contributed by atoms with E-state index in [9.17, 15) is 8.42 Å². The number of benzene rings is 8. The van der Waals surface area contributed by atoms with E-state index < -0.39 is 9.84 Å². The molecular weight excluding hydrogens is 769 g/mol. The lowest BCUT2D eigenvalue weighted by Crippen LogP contribution is -2.01. The van der Waals surface area contributed by atoms with Crippen LogP contribution in [0, 0.1) is 0 Å². The van der Waals surface area contributed by atoms with E-state index in [1.807, 2.05) is 66.9 Å². The van der Waals surface area contributed by atoms with E-state index in [1.165, 1.54) is 10.8 Å². The summed E-state index contributed by atoms with van der Waals surface area (Å²) < 4.78 is 27.6. The van der Waals surface area contributed by atoms with Crippen LogP contribution in [0.4, 0.5) is 0 Å². The van der Waals surface area contributed by atoms with Crippen LogP contribution < -0.4 is 0 Å². The summed E-state index contributed by atoms with van der Waals surface area (Å²) in [7, 11) is -3.69. The molecule has 0 amide bonds. The Bertz CT molecular complexity index is 3410. The second-order valence-corrected chi connectivity index (χ2v) is 17.0. The van der Waals surface area contributed by atoms with Crippen molar-refractivity contribution in [1.82, 2.24) is 19.9 Å². The van der Waals surface area contributed by atoms with Crippen LogP contribution >= 0.6 is 0 Å². The van der Waals surface area contributed by atoms with E-state index in [1.54, 1.807) is 24.4 Å². The molecule has 3 heterocycles. The van der Waals surface area contributed by atoms with Crippen LogP contribution in [0.1, 0.15) is 0 Å². The predicted octanol–water partition coefficient (Wildman–Crippen LogP) is 12.9. The summed E-state index contributed by atoms with van der Waals surface area (Å²) in [6.07, 6.45) is 3.58. The Kier molecular flexibility index (Phi) is 8.76. The molecule has 1 aliphatic heterocycles. The van der Waals surface area contributed by atoms with Crippen molar-refractivity contribution in [3.8, 4) is 89.8 Å². The predicted molar refractivity (Wildman–Crippen MR) is 244 cm³/mol. The second kappa shape index (κ2) is 14.7. The number of nitrogens with zero attached hydrogens (tertiary/aromatic N) is 4. The van der Waals surface area contributed by atoms with Crippen molar-refractivity contribution in [3.63, 3.8) is 0 Å². The van der Waals surface area contributed by atoms with Gasteiger partial charge in [-0.2, -0.15) is 0 Å². The molecule has 0 bridgehead atoms. The Morgan fingerprint density at radius 3 is 1.57 bits per heavy atom. The first kappa shape index (κ1) is 36.2. The summed E-state index contributed by atoms with van der Waals surface area (Å²) in [5.74, 6) is 1.55. The molecule has 0 saturated carbocycles. The number of hydrogen-bond donors (Lipinski definition) is 0. The normalized spacial score (nSPS) is 12.5. The maximum atomic E-state index is 13.8. The van der Waals surface area contributed by atoms with Crippen molar-refractivity contribution in [3.05, 3.63) is 207 Å². The van der Waals surface area contributed by atoms with E-state index in [0.717, 1.165) is 61.2 Å². The van der Waals surface area contributed by atoms with Gasteiger partial charge in [0.05, 0.1) is 9.79 Å². The maximum Gasteiger partial charge on any atom is 0.207 e. The van der Waals surface area contributed by atoms with Gasteiger partial charge in [-0.3, -0.25) is 4.98 Å². The van der Waals surface area contributed by atoms with E-state index >= 15 is 0 Å². The van der Waals surface area contributed by atoms with Crippen molar-refractivity contribution < 1.29 is 8.42 Å². The Labute approximate surface area is 353 Å². The molecule has 0 fully saturated rings. The van der Waals surface area contributed by atoms with Gasteiger partial charge in [0.15, 0.2) is 17.5 Å². The van der Waals surface area contributed by atoms with Gasteiger partial charge >= 0.3 is 0 Å². The molecule has 61 heavy (non-hydrogen) atoms. The third-order valence-corrected chi connectivity index (χ3v) is 13.2. The van der Waals surface area contributed by atoms with Crippen LogP contribution in [0.3, 0.4) is 0 Å². The molecule has 0 N–H and O–H groups in total. The number of hydrogen-bond acceptors (Lipinski definition) is 6. The van der Waals surface area contributed by atoms with Gasteiger partial charge in [-0.25, -0.2) is 23.4 Å². The lowest BCUT2D eigenvalue weighted by molar-refractivity contribution is 0.598. The first-order valence-corrected chi connectivity index (χ1v) is 21.5. The molecule has 0 radical (unpaired) electrons. The van der Waals surface area contributed by atoms with Gasteiger partial charge in [-0.05, 0) is 92.2 Å². The first-order valence-electron chi connectivity index (χ1n) is 20.0. The lowest BCUT2D eigenvalue weighted by atomic mass is 9.91. The van der Waals surface area contributed by atoms with E-state index in [-0.39, 0.29) is 0 Å². The summed E-state index contributed by atoms with van der Waals surface area (Å²) in [6, 6.07) is 64.6. The lowest BCUT2D eigenvalue weighted by Gasteiger charge is -2.14. The molecule has 2 aromatic heterocycles. The van der Waals surface area contributed by atoms with Gasteiger partial charge in [0.1, 0.15) is 0 Å². The minimum Gasteiger partial charge on any atom is -0.264 e. The van der Waals surface area contributed by atoms with Crippen LogP contribution in [-0.4, -0.2) is 28.4 Å². The van der Waals surface area contributed by atoms with Gasteiger partial charge in [0.2, 0.25) is 9.84 Å². The molecule has 10 aromatic rings. The summed E-state index contributed by atoms with van der Waals surface area (Å²) in [6.45, 7) is 0. The molecule has 6 nitrogen and oxygen atoms in total. The monoisotopic (exact) mass is 802 g/mol. The number of rotatable bonds is 7. The average molecular weight is 803 g/mol. The van der Waals surface area contributed by atoms with Gasteiger partial charge in [-0.15, -0.1) is 0 Å². The molecule has 0 spiro atoms. The fourth-order valence-corrected chi connectivity index (χ4v) is 10.00. The summed E-state index contributed by atoms with van der Waals surface area (Å²) in [4.78, 5) is 20.5. The SMILES string of the molecule is O=S1(=O)c2ccccc2-c2c(-c3cc(-c4cccnc4)cc(-c4nc(-c5ccc(-c6ccccc6)cc5)nc(-c5ccc(-c6ccc7ccccc7c6)cc5)n4)c3)cccc21. The third kappa shape index (κ3) is 6.58. The molecule has 288 valence electrons. The van der Waals surface area contributed by atoms with Crippen LogP contribution in [0.25, 0.3) is 101 Å². The van der Waals surface area contributed by atoms with Crippen LogP contribution in [0.15, 0.2) is 216 Å². The molecule has 7 heteroatoms. The van der Waals surface area contributed by atoms with Gasteiger partial charge in [0, 0.05) is 45.8 Å². The Hall–Kier alpha value is -7.87. The summed E-state index contributed by atoms with van der Waals surface area (Å²) in [5, 5.41) is 2.39. The van der Waals surface area contributed by atoms with E-state index in [2.05, 4.69) is 120 Å². The number of aromatic nitrogens is 4. The maximum absolute atomic E-state index is 13.8. The highest BCUT2D eigenvalue weighted by Crippen LogP contribution is 2.48. The topological polar surface area (TPSA) is 85.7 Å². The fourth-order valence-electron chi connectivity index (χ4n) is 8.30. The molecule has 1 aliphatic rings. The van der Waals surface area contributed by atoms with E-state index in [0.29, 0.717) is 38.4 Å². The highest BCUT2D eigenvalue weighted by molar-refractivity contribution is 7.92. The average Bonchev–Trinajstić information content (AvgIpc) is 3.57. The number of fused-ring (bicyclic) bond motifs is 4. The van der Waals surface area contributed by atoms with Crippen LogP contribution in [0.2, 0.25) is 0 Å². The van der Waals surface area contributed by atoms with Gasteiger partial charge < -0.3 is 0 Å². The van der Waals surface area contributed by atoms with Crippen LogP contribution in [-0.2, 0) is 9.84 Å². The molecule has 11 rings (SSSR count). The smallest absolute Gasteiger partial charge is 0.207 e. The Morgan fingerprint density at radius 2 is 0.852 bits per heavy atom. The van der Waals surface area contributed by atoms with Gasteiger partial charge in [-0.1, -0.05) is 152 Å². The highest BCUT2D eigenvalue weighted by atomic mass is 32.2. The van der Waals surface area contributed by atoms with Crippen molar-refractivity contribution in [1.29, 1.82) is 0 Å². The molecule has 0 saturated heterocycles. The fraction of sp³-hybridized carbons (Fsp3) is 0. The molecule has 0 unspecified atom stereocenters. The quantitative estimate of drug-likeness (QED) is 0.159. The molecule has 0 aliphatic carbocycles. The summed E-state index contributed by atoms with van der Waals surface area (Å²) in [5.41, 5.74) is 11.7. The zero-order valence-electron chi connectivity index (χ0n) is 32.6. The minimum atomic E-state index is -3.69. The van der Waals surface area contributed by atoms with Crippen molar-refractivity contribution in [2.45, 2.75) is 9.79 Å². The number of pyridine rings is 1. The first-order chi connectivity index (χ1) is 30.0. The molecule has 8 aromatic carbocycles. The third-order valence-electron chi connectivity index (χ3n) is 11.4. The second-order valence-electron chi connectivity index (χ2n) is 15.1. The zero-order valence-corrected chi connectivity index (χ0v) is 33.5. The Balaban J connectivity index is 1.08. The van der Waals surface area contributed by atoms with Crippen molar-refractivity contribution in [2.24, 2.45) is 0 Å². The summed E-state index contributed by atoms with van der Waals surface area (Å²) >= 11 is 0. The van der Waals surface area contributed by atoms with Crippen LogP contribution in [0.5, 0.6) is 0 Å². The van der Waals surface area contributed by atoms with Gasteiger partial charge in [0.25, 0.3) is 0 Å². The van der Waals surface area contributed by atoms with Crippen molar-refractivity contribution in [2.75, 3.05) is 0 Å². The van der Waals surface area contributed by atoms with Crippen molar-refractivity contribution >= 4 is 20.6 Å².